The third kappa shape index (κ3) is 2.84. The number of halogens is 2. The molecule has 102 valence electrons. The van der Waals surface area contributed by atoms with Crippen LogP contribution in [0.2, 0.25) is 0 Å². The van der Waals surface area contributed by atoms with Crippen LogP contribution in [0.25, 0.3) is 0 Å². The van der Waals surface area contributed by atoms with Crippen LogP contribution in [0, 0.1) is 5.41 Å². The molecule has 2 atom stereocenters. The second kappa shape index (κ2) is 5.65. The summed E-state index contributed by atoms with van der Waals surface area (Å²) in [5.41, 5.74) is 0.192. The minimum absolute atomic E-state index is 0.192. The lowest BCUT2D eigenvalue weighted by Crippen LogP contribution is -2.60. The van der Waals surface area contributed by atoms with Crippen LogP contribution in [0.5, 0.6) is 0 Å². The summed E-state index contributed by atoms with van der Waals surface area (Å²) in [7, 11) is 0. The van der Waals surface area contributed by atoms with Crippen LogP contribution in [-0.4, -0.2) is 18.8 Å². The molecule has 2 rings (SSSR count). The molecule has 2 unspecified atom stereocenters. The second-order valence-electron chi connectivity index (χ2n) is 5.27. The maximum Gasteiger partial charge on any atom is 0.183 e. The molecule has 1 fully saturated rings. The minimum Gasteiger partial charge on any atom is -0.452 e. The van der Waals surface area contributed by atoms with Crippen LogP contribution in [0.1, 0.15) is 33.0 Å². The molecular weight excluding hydrogens is 362 g/mol. The van der Waals surface area contributed by atoms with Crippen molar-refractivity contribution in [2.45, 2.75) is 45.9 Å². The van der Waals surface area contributed by atoms with Gasteiger partial charge in [-0.05, 0) is 51.3 Å². The van der Waals surface area contributed by atoms with Crippen LogP contribution >= 0.6 is 31.9 Å². The van der Waals surface area contributed by atoms with Crippen molar-refractivity contribution in [3.63, 3.8) is 0 Å². The Morgan fingerprint density at radius 1 is 1.50 bits per heavy atom. The van der Waals surface area contributed by atoms with E-state index in [0.717, 1.165) is 34.5 Å². The van der Waals surface area contributed by atoms with Gasteiger partial charge in [-0.15, -0.1) is 0 Å². The summed E-state index contributed by atoms with van der Waals surface area (Å²) in [5.74, 6) is 0.935. The lowest BCUT2D eigenvalue weighted by Gasteiger charge is -2.51. The molecule has 0 saturated heterocycles. The average Bonchev–Trinajstić information content (AvgIpc) is 2.62. The molecule has 1 aromatic heterocycles. The van der Waals surface area contributed by atoms with Crippen molar-refractivity contribution in [1.29, 1.82) is 0 Å². The van der Waals surface area contributed by atoms with E-state index >= 15 is 0 Å². The maximum absolute atomic E-state index is 5.72. The van der Waals surface area contributed by atoms with E-state index in [1.54, 1.807) is 0 Å². The number of hydrogen-bond acceptors (Lipinski definition) is 3. The molecule has 0 spiro atoms. The highest BCUT2D eigenvalue weighted by atomic mass is 79.9. The summed E-state index contributed by atoms with van der Waals surface area (Å²) in [5, 5.41) is 3.54. The number of rotatable bonds is 5. The van der Waals surface area contributed by atoms with E-state index in [4.69, 9.17) is 9.15 Å². The van der Waals surface area contributed by atoms with E-state index in [1.807, 2.05) is 6.07 Å². The Bertz CT molecular complexity index is 398. The number of hydrogen-bond donors (Lipinski definition) is 1. The first kappa shape index (κ1) is 14.6. The second-order valence-corrected chi connectivity index (χ2v) is 6.84. The SMILES string of the molecule is CCOC1CC(NCc2cc(Br)c(Br)o2)C1(C)C. The summed E-state index contributed by atoms with van der Waals surface area (Å²) < 4.78 is 13.0. The van der Waals surface area contributed by atoms with Crippen LogP contribution in [0.3, 0.4) is 0 Å². The van der Waals surface area contributed by atoms with E-state index in [9.17, 15) is 0 Å². The largest absolute Gasteiger partial charge is 0.452 e. The molecular formula is C13H19Br2NO2. The van der Waals surface area contributed by atoms with Gasteiger partial charge in [-0.1, -0.05) is 13.8 Å². The molecule has 3 nitrogen and oxygen atoms in total. The highest BCUT2D eigenvalue weighted by Gasteiger charge is 2.48. The molecule has 1 heterocycles. The van der Waals surface area contributed by atoms with Gasteiger partial charge >= 0.3 is 0 Å². The predicted octanol–water partition coefficient (Wildman–Crippen LogP) is 4.10. The molecule has 0 radical (unpaired) electrons. The van der Waals surface area contributed by atoms with Crippen molar-refractivity contribution < 1.29 is 9.15 Å². The zero-order chi connectivity index (χ0) is 13.3. The summed E-state index contributed by atoms with van der Waals surface area (Å²) in [6.07, 6.45) is 1.44. The van der Waals surface area contributed by atoms with E-state index < -0.39 is 0 Å². The fraction of sp³-hybridized carbons (Fsp3) is 0.692. The molecule has 1 saturated carbocycles. The first-order chi connectivity index (χ1) is 8.45. The van der Waals surface area contributed by atoms with Gasteiger partial charge < -0.3 is 14.5 Å². The lowest BCUT2D eigenvalue weighted by molar-refractivity contribution is -0.114. The third-order valence-electron chi connectivity index (χ3n) is 3.76. The van der Waals surface area contributed by atoms with Crippen molar-refractivity contribution in [3.8, 4) is 0 Å². The van der Waals surface area contributed by atoms with Gasteiger partial charge in [0.15, 0.2) is 4.67 Å². The zero-order valence-corrected chi connectivity index (χ0v) is 14.1. The number of nitrogens with one attached hydrogen (secondary N) is 1. The highest BCUT2D eigenvalue weighted by Crippen LogP contribution is 2.42. The van der Waals surface area contributed by atoms with Gasteiger partial charge in [-0.25, -0.2) is 0 Å². The first-order valence-electron chi connectivity index (χ1n) is 6.23. The third-order valence-corrected chi connectivity index (χ3v) is 5.47. The van der Waals surface area contributed by atoms with Crippen molar-refractivity contribution in [2.75, 3.05) is 6.61 Å². The molecule has 18 heavy (non-hydrogen) atoms. The van der Waals surface area contributed by atoms with E-state index in [2.05, 4.69) is 57.9 Å². The van der Waals surface area contributed by atoms with Crippen LogP contribution < -0.4 is 5.32 Å². The fourth-order valence-electron chi connectivity index (χ4n) is 2.42. The molecule has 1 aliphatic carbocycles. The topological polar surface area (TPSA) is 34.4 Å². The molecule has 1 N–H and O–H groups in total. The Labute approximate surface area is 125 Å². The summed E-state index contributed by atoms with van der Waals surface area (Å²) in [6, 6.07) is 2.47. The van der Waals surface area contributed by atoms with Crippen LogP contribution in [-0.2, 0) is 11.3 Å². The molecule has 0 aliphatic heterocycles. The van der Waals surface area contributed by atoms with Crippen molar-refractivity contribution in [3.05, 3.63) is 21.0 Å². The summed E-state index contributed by atoms with van der Waals surface area (Å²) >= 11 is 6.76. The fourth-order valence-corrected chi connectivity index (χ4v) is 3.08. The predicted molar refractivity (Wildman–Crippen MR) is 78.5 cm³/mol. The van der Waals surface area contributed by atoms with Crippen molar-refractivity contribution in [2.24, 2.45) is 5.41 Å². The molecule has 1 aliphatic rings. The van der Waals surface area contributed by atoms with Gasteiger partial charge in [0.1, 0.15) is 5.76 Å². The van der Waals surface area contributed by atoms with Gasteiger partial charge in [-0.2, -0.15) is 0 Å². The number of ether oxygens (including phenoxy) is 1. The van der Waals surface area contributed by atoms with E-state index in [0.29, 0.717) is 12.1 Å². The smallest absolute Gasteiger partial charge is 0.183 e. The normalized spacial score (nSPS) is 26.1. The molecule has 0 aromatic carbocycles. The quantitative estimate of drug-likeness (QED) is 0.834. The Hall–Kier alpha value is 0.160. The monoisotopic (exact) mass is 379 g/mol. The average molecular weight is 381 g/mol. The number of furan rings is 1. The van der Waals surface area contributed by atoms with Crippen molar-refractivity contribution in [1.82, 2.24) is 5.32 Å². The van der Waals surface area contributed by atoms with Gasteiger partial charge in [0.25, 0.3) is 0 Å². The van der Waals surface area contributed by atoms with Gasteiger partial charge in [-0.3, -0.25) is 0 Å². The zero-order valence-electron chi connectivity index (χ0n) is 10.9. The lowest BCUT2D eigenvalue weighted by atomic mass is 9.64. The van der Waals surface area contributed by atoms with Gasteiger partial charge in [0.05, 0.1) is 17.1 Å². The Balaban J connectivity index is 1.85. The minimum atomic E-state index is 0.192. The Kier molecular flexibility index (Phi) is 4.57. The summed E-state index contributed by atoms with van der Waals surface area (Å²) in [6.45, 7) is 8.09. The van der Waals surface area contributed by atoms with E-state index in [-0.39, 0.29) is 5.41 Å². The van der Waals surface area contributed by atoms with Crippen LogP contribution in [0.15, 0.2) is 19.6 Å². The van der Waals surface area contributed by atoms with Crippen LogP contribution in [0.4, 0.5) is 0 Å². The van der Waals surface area contributed by atoms with Gasteiger partial charge in [0, 0.05) is 18.1 Å². The van der Waals surface area contributed by atoms with E-state index in [1.165, 1.54) is 0 Å². The Morgan fingerprint density at radius 3 is 2.72 bits per heavy atom. The maximum atomic E-state index is 5.72. The standard InChI is InChI=1S/C13H19Br2NO2/c1-4-17-11-6-10(13(11,2)3)16-7-8-5-9(14)12(15)18-8/h5,10-11,16H,4,6-7H2,1-3H3. The molecule has 5 heteroatoms. The molecule has 1 aromatic rings. The summed E-state index contributed by atoms with van der Waals surface area (Å²) in [4.78, 5) is 0. The van der Waals surface area contributed by atoms with Crippen molar-refractivity contribution >= 4 is 31.9 Å². The Morgan fingerprint density at radius 2 is 2.22 bits per heavy atom. The first-order valence-corrected chi connectivity index (χ1v) is 7.82. The highest BCUT2D eigenvalue weighted by molar-refractivity contribution is 9.13. The molecule has 0 amide bonds. The molecule has 0 bridgehead atoms. The van der Waals surface area contributed by atoms with Gasteiger partial charge in [0.2, 0.25) is 0 Å².